The van der Waals surface area contributed by atoms with E-state index in [0.29, 0.717) is 11.1 Å². The monoisotopic (exact) mass is 342 g/mol. The van der Waals surface area contributed by atoms with Crippen molar-refractivity contribution < 1.29 is 13.9 Å². The number of rotatable bonds is 3. The molecule has 0 saturated carbocycles. The lowest BCUT2D eigenvalue weighted by atomic mass is 10.1. The largest absolute Gasteiger partial charge is 0.457 e. The first-order chi connectivity index (χ1) is 8.97. The highest BCUT2D eigenvalue weighted by Gasteiger charge is 2.16. The molecule has 0 radical (unpaired) electrons. The lowest BCUT2D eigenvalue weighted by Gasteiger charge is -2.07. The van der Waals surface area contributed by atoms with Crippen LogP contribution in [-0.2, 0) is 11.3 Å². The number of halogens is 1. The van der Waals surface area contributed by atoms with Gasteiger partial charge in [0.2, 0.25) is 0 Å². The summed E-state index contributed by atoms with van der Waals surface area (Å²) in [4.78, 5) is 23.1. The standard InChI is InChI=1S/C13H11BrO4S/c1-7-3-11(15)18-8(2)12(7)13(16)17-5-9-4-10(14)19-6-9/h3-4,6H,5H2,1-2H3. The van der Waals surface area contributed by atoms with Crippen molar-refractivity contribution in [3.63, 3.8) is 0 Å². The number of carbonyl (C=O) groups excluding carboxylic acids is 1. The van der Waals surface area contributed by atoms with E-state index in [1.807, 2.05) is 11.4 Å². The van der Waals surface area contributed by atoms with Crippen molar-refractivity contribution in [2.75, 3.05) is 0 Å². The summed E-state index contributed by atoms with van der Waals surface area (Å²) in [5.41, 5.74) is 1.32. The van der Waals surface area contributed by atoms with Crippen LogP contribution in [0.15, 0.2) is 30.5 Å². The van der Waals surface area contributed by atoms with E-state index < -0.39 is 11.6 Å². The van der Waals surface area contributed by atoms with E-state index in [0.717, 1.165) is 9.35 Å². The second kappa shape index (κ2) is 5.71. The summed E-state index contributed by atoms with van der Waals surface area (Å²) in [5.74, 6) is -0.206. The van der Waals surface area contributed by atoms with Crippen LogP contribution in [0.25, 0.3) is 0 Å². The Morgan fingerprint density at radius 3 is 2.74 bits per heavy atom. The molecule has 0 spiro atoms. The number of esters is 1. The average Bonchev–Trinajstić information content (AvgIpc) is 2.71. The van der Waals surface area contributed by atoms with Gasteiger partial charge in [0.1, 0.15) is 17.9 Å². The number of thiophene rings is 1. The van der Waals surface area contributed by atoms with Crippen LogP contribution < -0.4 is 5.63 Å². The topological polar surface area (TPSA) is 56.5 Å². The Kier molecular flexibility index (Phi) is 4.21. The molecule has 0 atom stereocenters. The molecule has 2 rings (SSSR count). The van der Waals surface area contributed by atoms with Crippen molar-refractivity contribution in [1.82, 2.24) is 0 Å². The zero-order chi connectivity index (χ0) is 14.0. The number of hydrogen-bond donors (Lipinski definition) is 0. The lowest BCUT2D eigenvalue weighted by Crippen LogP contribution is -2.12. The Bertz CT molecular complexity index is 645. The first-order valence-corrected chi connectivity index (χ1v) is 7.16. The molecule has 0 amide bonds. The third-order valence-electron chi connectivity index (χ3n) is 2.53. The first-order valence-electron chi connectivity index (χ1n) is 5.49. The van der Waals surface area contributed by atoms with E-state index in [4.69, 9.17) is 9.15 Å². The molecule has 19 heavy (non-hydrogen) atoms. The second-order valence-electron chi connectivity index (χ2n) is 4.01. The summed E-state index contributed by atoms with van der Waals surface area (Å²) < 4.78 is 11.1. The molecular formula is C13H11BrO4S. The molecule has 0 aromatic carbocycles. The Morgan fingerprint density at radius 2 is 2.16 bits per heavy atom. The van der Waals surface area contributed by atoms with E-state index in [9.17, 15) is 9.59 Å². The maximum atomic E-state index is 12.0. The molecular weight excluding hydrogens is 332 g/mol. The molecule has 6 heteroatoms. The molecule has 2 aromatic rings. The van der Waals surface area contributed by atoms with Crippen molar-refractivity contribution in [3.05, 3.63) is 54.2 Å². The van der Waals surface area contributed by atoms with Crippen LogP contribution in [0.3, 0.4) is 0 Å². The third-order valence-corrected chi connectivity index (χ3v) is 4.08. The minimum Gasteiger partial charge on any atom is -0.457 e. The zero-order valence-electron chi connectivity index (χ0n) is 10.4. The molecule has 0 unspecified atom stereocenters. The minimum atomic E-state index is -0.485. The molecule has 0 aliphatic carbocycles. The van der Waals surface area contributed by atoms with Gasteiger partial charge < -0.3 is 9.15 Å². The van der Waals surface area contributed by atoms with E-state index in [1.54, 1.807) is 13.8 Å². The second-order valence-corrected chi connectivity index (χ2v) is 6.31. The van der Waals surface area contributed by atoms with Gasteiger partial charge in [-0.2, -0.15) is 0 Å². The summed E-state index contributed by atoms with van der Waals surface area (Å²) in [5, 5.41) is 1.90. The molecule has 0 N–H and O–H groups in total. The molecule has 0 aliphatic rings. The third kappa shape index (κ3) is 3.33. The Balaban J connectivity index is 2.14. The van der Waals surface area contributed by atoms with Crippen molar-refractivity contribution >= 4 is 33.2 Å². The predicted molar refractivity (Wildman–Crippen MR) is 75.6 cm³/mol. The molecule has 4 nitrogen and oxygen atoms in total. The van der Waals surface area contributed by atoms with E-state index in [-0.39, 0.29) is 12.4 Å². The van der Waals surface area contributed by atoms with Gasteiger partial charge in [-0.1, -0.05) is 0 Å². The lowest BCUT2D eigenvalue weighted by molar-refractivity contribution is 0.0467. The Hall–Kier alpha value is -1.40. The van der Waals surface area contributed by atoms with Gasteiger partial charge in [0.25, 0.3) is 0 Å². The smallest absolute Gasteiger partial charge is 0.342 e. The van der Waals surface area contributed by atoms with Gasteiger partial charge in [0, 0.05) is 11.6 Å². The summed E-state index contributed by atoms with van der Waals surface area (Å²) in [7, 11) is 0. The normalized spacial score (nSPS) is 10.5. The number of aryl methyl sites for hydroxylation is 2. The quantitative estimate of drug-likeness (QED) is 0.801. The summed E-state index contributed by atoms with van der Waals surface area (Å²) in [6, 6.07) is 3.17. The number of hydrogen-bond acceptors (Lipinski definition) is 5. The summed E-state index contributed by atoms with van der Waals surface area (Å²) >= 11 is 4.87. The Morgan fingerprint density at radius 1 is 1.42 bits per heavy atom. The van der Waals surface area contributed by atoms with Crippen LogP contribution in [0.2, 0.25) is 0 Å². The van der Waals surface area contributed by atoms with Gasteiger partial charge in [-0.15, -0.1) is 11.3 Å². The fourth-order valence-corrected chi connectivity index (χ4v) is 2.90. The van der Waals surface area contributed by atoms with Crippen LogP contribution in [0, 0.1) is 13.8 Å². The van der Waals surface area contributed by atoms with Gasteiger partial charge in [0.15, 0.2) is 0 Å². The van der Waals surface area contributed by atoms with Gasteiger partial charge >= 0.3 is 11.6 Å². The van der Waals surface area contributed by atoms with Gasteiger partial charge in [-0.25, -0.2) is 9.59 Å². The average molecular weight is 343 g/mol. The highest BCUT2D eigenvalue weighted by Crippen LogP contribution is 2.22. The maximum absolute atomic E-state index is 12.0. The van der Waals surface area contributed by atoms with Crippen LogP contribution >= 0.6 is 27.3 Å². The first kappa shape index (κ1) is 14.0. The molecule has 2 aromatic heterocycles. The van der Waals surface area contributed by atoms with Crippen molar-refractivity contribution in [2.45, 2.75) is 20.5 Å². The minimum absolute atomic E-state index is 0.193. The van der Waals surface area contributed by atoms with E-state index >= 15 is 0 Å². The fraction of sp³-hybridized carbons (Fsp3) is 0.231. The molecule has 0 bridgehead atoms. The van der Waals surface area contributed by atoms with Gasteiger partial charge in [-0.3, -0.25) is 0 Å². The van der Waals surface area contributed by atoms with Crippen LogP contribution in [-0.4, -0.2) is 5.97 Å². The fourth-order valence-electron chi connectivity index (χ4n) is 1.71. The van der Waals surface area contributed by atoms with Gasteiger partial charge in [0.05, 0.1) is 3.79 Å². The summed E-state index contributed by atoms with van der Waals surface area (Å²) in [6.45, 7) is 3.45. The highest BCUT2D eigenvalue weighted by molar-refractivity contribution is 9.11. The van der Waals surface area contributed by atoms with Crippen LogP contribution in [0.1, 0.15) is 27.2 Å². The highest BCUT2D eigenvalue weighted by atomic mass is 79.9. The number of carbonyl (C=O) groups is 1. The van der Waals surface area contributed by atoms with Crippen molar-refractivity contribution in [2.24, 2.45) is 0 Å². The van der Waals surface area contributed by atoms with Crippen LogP contribution in [0.5, 0.6) is 0 Å². The maximum Gasteiger partial charge on any atom is 0.342 e. The van der Waals surface area contributed by atoms with Crippen molar-refractivity contribution in [3.8, 4) is 0 Å². The molecule has 0 fully saturated rings. The van der Waals surface area contributed by atoms with Crippen molar-refractivity contribution in [1.29, 1.82) is 0 Å². The molecule has 2 heterocycles. The molecule has 0 aliphatic heterocycles. The van der Waals surface area contributed by atoms with Crippen LogP contribution in [0.4, 0.5) is 0 Å². The molecule has 0 saturated heterocycles. The number of ether oxygens (including phenoxy) is 1. The predicted octanol–water partition coefficient (Wildman–Crippen LogP) is 3.44. The van der Waals surface area contributed by atoms with E-state index in [2.05, 4.69) is 15.9 Å². The van der Waals surface area contributed by atoms with Gasteiger partial charge in [-0.05, 0) is 46.8 Å². The SMILES string of the molecule is Cc1cc(=O)oc(C)c1C(=O)OCc1csc(Br)c1. The molecule has 100 valence electrons. The zero-order valence-corrected chi connectivity index (χ0v) is 12.8. The Labute approximate surface area is 122 Å². The van der Waals surface area contributed by atoms with E-state index in [1.165, 1.54) is 17.4 Å². The summed E-state index contributed by atoms with van der Waals surface area (Å²) in [6.07, 6.45) is 0.